The summed E-state index contributed by atoms with van der Waals surface area (Å²) in [6, 6.07) is 0. The van der Waals surface area contributed by atoms with Gasteiger partial charge in [-0.15, -0.1) is 0 Å². The van der Waals surface area contributed by atoms with Crippen molar-refractivity contribution in [2.24, 2.45) is 0 Å². The number of hydrogen-bond donors (Lipinski definition) is 0. The SMILES string of the molecule is C=C(C)COC(CCC)OCC(=C)C. The van der Waals surface area contributed by atoms with Gasteiger partial charge in [0.05, 0.1) is 13.2 Å². The molecule has 0 unspecified atom stereocenters. The fourth-order valence-electron chi connectivity index (χ4n) is 0.921. The Balaban J connectivity index is 3.76. The van der Waals surface area contributed by atoms with Gasteiger partial charge in [-0.3, -0.25) is 0 Å². The number of rotatable bonds is 8. The summed E-state index contributed by atoms with van der Waals surface area (Å²) < 4.78 is 11.1. The average molecular weight is 198 g/mol. The zero-order chi connectivity index (χ0) is 11.0. The van der Waals surface area contributed by atoms with Crippen LogP contribution in [0, 0.1) is 0 Å². The molecule has 0 aliphatic carbocycles. The highest BCUT2D eigenvalue weighted by Gasteiger charge is 2.07. The van der Waals surface area contributed by atoms with Crippen molar-refractivity contribution in [1.82, 2.24) is 0 Å². The number of ether oxygens (including phenoxy) is 2. The predicted octanol–water partition coefficient (Wildman–Crippen LogP) is 3.30. The third kappa shape index (κ3) is 8.02. The molecule has 0 N–H and O–H groups in total. The van der Waals surface area contributed by atoms with Crippen molar-refractivity contribution in [3.05, 3.63) is 24.3 Å². The van der Waals surface area contributed by atoms with Crippen LogP contribution in [0.2, 0.25) is 0 Å². The van der Waals surface area contributed by atoms with Gasteiger partial charge in [0.15, 0.2) is 6.29 Å². The Bertz CT molecular complexity index is 167. The Hall–Kier alpha value is -0.600. The molecule has 0 spiro atoms. The van der Waals surface area contributed by atoms with Crippen LogP contribution in [0.4, 0.5) is 0 Å². The van der Waals surface area contributed by atoms with Crippen molar-refractivity contribution < 1.29 is 9.47 Å². The van der Waals surface area contributed by atoms with Gasteiger partial charge >= 0.3 is 0 Å². The van der Waals surface area contributed by atoms with E-state index in [1.807, 2.05) is 13.8 Å². The largest absolute Gasteiger partial charge is 0.348 e. The molecule has 0 aromatic rings. The molecular weight excluding hydrogens is 176 g/mol. The summed E-state index contributed by atoms with van der Waals surface area (Å²) >= 11 is 0. The molecule has 82 valence electrons. The van der Waals surface area contributed by atoms with Crippen LogP contribution in [0.3, 0.4) is 0 Å². The maximum absolute atomic E-state index is 5.53. The first-order valence-electron chi connectivity index (χ1n) is 5.08. The van der Waals surface area contributed by atoms with Gasteiger partial charge < -0.3 is 9.47 Å². The summed E-state index contributed by atoms with van der Waals surface area (Å²) in [5.74, 6) is 0. The molecule has 0 bridgehead atoms. The van der Waals surface area contributed by atoms with Crippen LogP contribution in [0.1, 0.15) is 33.6 Å². The second-order valence-electron chi connectivity index (χ2n) is 3.75. The lowest BCUT2D eigenvalue weighted by molar-refractivity contribution is -0.133. The Labute approximate surface area is 87.6 Å². The van der Waals surface area contributed by atoms with Crippen molar-refractivity contribution in [1.29, 1.82) is 0 Å². The first kappa shape index (κ1) is 13.4. The molecule has 2 heteroatoms. The van der Waals surface area contributed by atoms with Crippen LogP contribution in [-0.2, 0) is 9.47 Å². The van der Waals surface area contributed by atoms with Gasteiger partial charge in [-0.05, 0) is 20.3 Å². The molecule has 0 atom stereocenters. The molecule has 2 nitrogen and oxygen atoms in total. The lowest BCUT2D eigenvalue weighted by Gasteiger charge is -2.18. The van der Waals surface area contributed by atoms with Crippen molar-refractivity contribution in [2.45, 2.75) is 39.9 Å². The molecule has 14 heavy (non-hydrogen) atoms. The maximum atomic E-state index is 5.53. The smallest absolute Gasteiger partial charge is 0.158 e. The highest BCUT2D eigenvalue weighted by Crippen LogP contribution is 2.07. The Morgan fingerprint density at radius 1 is 1.07 bits per heavy atom. The highest BCUT2D eigenvalue weighted by atomic mass is 16.7. The van der Waals surface area contributed by atoms with Crippen LogP contribution in [0.15, 0.2) is 24.3 Å². The molecule has 0 saturated heterocycles. The Morgan fingerprint density at radius 2 is 1.50 bits per heavy atom. The molecule has 0 aliphatic heterocycles. The minimum atomic E-state index is -0.117. The Kier molecular flexibility index (Phi) is 7.44. The van der Waals surface area contributed by atoms with E-state index in [1.165, 1.54) is 0 Å². The average Bonchev–Trinajstić information content (AvgIpc) is 2.09. The van der Waals surface area contributed by atoms with E-state index in [9.17, 15) is 0 Å². The van der Waals surface area contributed by atoms with Crippen LogP contribution < -0.4 is 0 Å². The van der Waals surface area contributed by atoms with Crippen LogP contribution in [0.5, 0.6) is 0 Å². The van der Waals surface area contributed by atoms with Crippen molar-refractivity contribution in [3.63, 3.8) is 0 Å². The maximum Gasteiger partial charge on any atom is 0.158 e. The van der Waals surface area contributed by atoms with Crippen LogP contribution in [-0.4, -0.2) is 19.5 Å². The van der Waals surface area contributed by atoms with Gasteiger partial charge in [-0.1, -0.05) is 37.6 Å². The summed E-state index contributed by atoms with van der Waals surface area (Å²) in [6.07, 6.45) is 1.85. The van der Waals surface area contributed by atoms with E-state index >= 15 is 0 Å². The van der Waals surface area contributed by atoms with E-state index in [4.69, 9.17) is 9.47 Å². The van der Waals surface area contributed by atoms with Crippen LogP contribution >= 0.6 is 0 Å². The van der Waals surface area contributed by atoms with Gasteiger partial charge in [-0.2, -0.15) is 0 Å². The molecule has 0 aromatic carbocycles. The van der Waals surface area contributed by atoms with E-state index in [2.05, 4.69) is 20.1 Å². The summed E-state index contributed by atoms with van der Waals surface area (Å²) in [6.45, 7) is 14.7. The first-order chi connectivity index (χ1) is 6.56. The fourth-order valence-corrected chi connectivity index (χ4v) is 0.921. The second-order valence-corrected chi connectivity index (χ2v) is 3.75. The summed E-state index contributed by atoms with van der Waals surface area (Å²) in [4.78, 5) is 0. The number of hydrogen-bond acceptors (Lipinski definition) is 2. The first-order valence-corrected chi connectivity index (χ1v) is 5.08. The minimum absolute atomic E-state index is 0.117. The van der Waals surface area contributed by atoms with E-state index in [-0.39, 0.29) is 6.29 Å². The highest BCUT2D eigenvalue weighted by molar-refractivity contribution is 4.88. The van der Waals surface area contributed by atoms with E-state index in [0.29, 0.717) is 13.2 Å². The molecule has 0 fully saturated rings. The molecule has 0 heterocycles. The van der Waals surface area contributed by atoms with Crippen molar-refractivity contribution in [2.75, 3.05) is 13.2 Å². The zero-order valence-electron chi connectivity index (χ0n) is 9.64. The van der Waals surface area contributed by atoms with Gasteiger partial charge in [0.1, 0.15) is 0 Å². The monoisotopic (exact) mass is 198 g/mol. The van der Waals surface area contributed by atoms with E-state index in [1.54, 1.807) is 0 Å². The molecule has 0 saturated carbocycles. The lowest BCUT2D eigenvalue weighted by atomic mass is 10.3. The predicted molar refractivity (Wildman–Crippen MR) is 60.2 cm³/mol. The summed E-state index contributed by atoms with van der Waals surface area (Å²) in [5, 5.41) is 0. The van der Waals surface area contributed by atoms with E-state index < -0.39 is 0 Å². The summed E-state index contributed by atoms with van der Waals surface area (Å²) in [5.41, 5.74) is 2.04. The quantitative estimate of drug-likeness (QED) is 0.440. The third-order valence-electron chi connectivity index (χ3n) is 1.56. The molecule has 0 rings (SSSR count). The molecule has 0 radical (unpaired) electrons. The minimum Gasteiger partial charge on any atom is -0.348 e. The fraction of sp³-hybridized carbons (Fsp3) is 0.667. The van der Waals surface area contributed by atoms with Crippen LogP contribution in [0.25, 0.3) is 0 Å². The normalized spacial score (nSPS) is 10.6. The Morgan fingerprint density at radius 3 is 1.79 bits per heavy atom. The third-order valence-corrected chi connectivity index (χ3v) is 1.56. The summed E-state index contributed by atoms with van der Waals surface area (Å²) in [7, 11) is 0. The molecule has 0 aliphatic rings. The van der Waals surface area contributed by atoms with Gasteiger partial charge in [0, 0.05) is 0 Å². The standard InChI is InChI=1S/C12H22O2/c1-6-7-12(13-8-10(2)3)14-9-11(4)5/h12H,2,4,6-9H2,1,3,5H3. The van der Waals surface area contributed by atoms with Gasteiger partial charge in [0.25, 0.3) is 0 Å². The zero-order valence-corrected chi connectivity index (χ0v) is 9.64. The lowest BCUT2D eigenvalue weighted by Crippen LogP contribution is -2.19. The van der Waals surface area contributed by atoms with E-state index in [0.717, 1.165) is 24.0 Å². The topological polar surface area (TPSA) is 18.5 Å². The molecular formula is C12H22O2. The van der Waals surface area contributed by atoms with Crippen molar-refractivity contribution in [3.8, 4) is 0 Å². The van der Waals surface area contributed by atoms with Gasteiger partial charge in [-0.25, -0.2) is 0 Å². The molecule has 0 amide bonds. The van der Waals surface area contributed by atoms with Crippen molar-refractivity contribution >= 4 is 0 Å². The second kappa shape index (κ2) is 7.77. The molecule has 0 aromatic heterocycles. The van der Waals surface area contributed by atoms with Gasteiger partial charge in [0.2, 0.25) is 0 Å².